The summed E-state index contributed by atoms with van der Waals surface area (Å²) < 4.78 is 16.9. The summed E-state index contributed by atoms with van der Waals surface area (Å²) in [6, 6.07) is 16.1. The van der Waals surface area contributed by atoms with E-state index in [1.807, 2.05) is 57.2 Å². The van der Waals surface area contributed by atoms with Gasteiger partial charge in [-0.15, -0.1) is 0 Å². The Morgan fingerprint density at radius 3 is 2.35 bits per heavy atom. The number of aryl methyl sites for hydroxylation is 1. The van der Waals surface area contributed by atoms with Gasteiger partial charge >= 0.3 is 0 Å². The molecular formula is C23H31N3O3S2. The number of methoxy groups -OCH3 is 2. The van der Waals surface area contributed by atoms with Crippen molar-refractivity contribution in [3.63, 3.8) is 0 Å². The van der Waals surface area contributed by atoms with Crippen LogP contribution >= 0.6 is 23.5 Å². The molecule has 0 spiro atoms. The number of hydrogen-bond donors (Lipinski definition) is 1. The quantitative estimate of drug-likeness (QED) is 0.314. The van der Waals surface area contributed by atoms with Gasteiger partial charge in [-0.2, -0.15) is 4.37 Å². The fraction of sp³-hybridized carbons (Fsp3) is 0.304. The normalized spacial score (nSPS) is 9.35. The van der Waals surface area contributed by atoms with Crippen LogP contribution in [0.1, 0.15) is 26.5 Å². The summed E-state index contributed by atoms with van der Waals surface area (Å²) in [7, 11) is 3.36. The largest absolute Gasteiger partial charge is 0.497 e. The van der Waals surface area contributed by atoms with Crippen LogP contribution in [-0.2, 0) is 4.79 Å². The topological polar surface area (TPSA) is 63.7 Å². The molecule has 2 aromatic carbocycles. The molecule has 0 aliphatic carbocycles. The van der Waals surface area contributed by atoms with Gasteiger partial charge in [0, 0.05) is 22.9 Å². The van der Waals surface area contributed by atoms with Crippen LogP contribution in [0.5, 0.6) is 11.5 Å². The van der Waals surface area contributed by atoms with Crippen molar-refractivity contribution in [3.05, 3.63) is 59.6 Å². The molecule has 0 fully saturated rings. The maximum absolute atomic E-state index is 9.89. The average Bonchev–Trinajstić information content (AvgIpc) is 3.24. The third kappa shape index (κ3) is 8.51. The second-order valence-electron chi connectivity index (χ2n) is 5.71. The van der Waals surface area contributed by atoms with Gasteiger partial charge in [0.15, 0.2) is 0 Å². The minimum atomic E-state index is 0.650. The van der Waals surface area contributed by atoms with E-state index in [0.29, 0.717) is 6.41 Å². The van der Waals surface area contributed by atoms with Gasteiger partial charge in [0.2, 0.25) is 6.41 Å². The summed E-state index contributed by atoms with van der Waals surface area (Å²) in [6.45, 7) is 8.83. The zero-order valence-corrected chi connectivity index (χ0v) is 20.5. The summed E-state index contributed by atoms with van der Waals surface area (Å²) in [5.41, 5.74) is 2.69. The number of amides is 1. The Kier molecular flexibility index (Phi) is 12.9. The van der Waals surface area contributed by atoms with Crippen molar-refractivity contribution < 1.29 is 14.3 Å². The van der Waals surface area contributed by atoms with Gasteiger partial charge < -0.3 is 19.1 Å². The molecule has 0 radical (unpaired) electrons. The van der Waals surface area contributed by atoms with Crippen molar-refractivity contribution in [1.82, 2.24) is 4.37 Å². The van der Waals surface area contributed by atoms with Gasteiger partial charge in [0.1, 0.15) is 11.5 Å². The Bertz CT molecular complexity index is 889. The van der Waals surface area contributed by atoms with Crippen molar-refractivity contribution in [3.8, 4) is 11.5 Å². The lowest BCUT2D eigenvalue weighted by molar-refractivity contribution is -0.105. The molecule has 6 nitrogen and oxygen atoms in total. The van der Waals surface area contributed by atoms with Gasteiger partial charge in [-0.1, -0.05) is 32.0 Å². The lowest BCUT2D eigenvalue weighted by Crippen LogP contribution is -2.14. The van der Waals surface area contributed by atoms with E-state index in [4.69, 9.17) is 9.47 Å². The summed E-state index contributed by atoms with van der Waals surface area (Å²) in [6.07, 6.45) is 0.650. The number of nitrogens with zero attached hydrogens (tertiary/aromatic N) is 2. The smallest absolute Gasteiger partial charge is 0.211 e. The Morgan fingerprint density at radius 1 is 1.13 bits per heavy atom. The molecular weight excluding hydrogens is 430 g/mol. The van der Waals surface area contributed by atoms with E-state index >= 15 is 0 Å². The third-order valence-electron chi connectivity index (χ3n) is 3.87. The monoisotopic (exact) mass is 461 g/mol. The van der Waals surface area contributed by atoms with Crippen LogP contribution in [0.15, 0.2) is 58.8 Å². The van der Waals surface area contributed by atoms with Crippen LogP contribution in [0.4, 0.5) is 11.4 Å². The fourth-order valence-corrected chi connectivity index (χ4v) is 3.94. The van der Waals surface area contributed by atoms with Gasteiger partial charge in [-0.05, 0) is 61.6 Å². The van der Waals surface area contributed by atoms with E-state index in [0.717, 1.165) is 35.1 Å². The number of carbonyl (C=O) groups is 1. The third-order valence-corrected chi connectivity index (χ3v) is 5.74. The highest BCUT2D eigenvalue weighted by Crippen LogP contribution is 2.37. The number of nitrogens with one attached hydrogen (secondary N) is 1. The van der Waals surface area contributed by atoms with Gasteiger partial charge in [-0.3, -0.25) is 4.79 Å². The minimum Gasteiger partial charge on any atom is -0.497 e. The Labute approximate surface area is 193 Å². The highest BCUT2D eigenvalue weighted by molar-refractivity contribution is 8.00. The number of ether oxygens (including phenoxy) is 2. The summed E-state index contributed by atoms with van der Waals surface area (Å²) in [5.74, 6) is 1.67. The van der Waals surface area contributed by atoms with Crippen molar-refractivity contribution in [1.29, 1.82) is 0 Å². The highest BCUT2D eigenvalue weighted by Gasteiger charge is 2.13. The van der Waals surface area contributed by atoms with Crippen molar-refractivity contribution in [2.45, 2.75) is 32.6 Å². The maximum atomic E-state index is 9.89. The molecule has 0 aliphatic heterocycles. The number of aromatic nitrogens is 1. The first-order chi connectivity index (χ1) is 15.1. The van der Waals surface area contributed by atoms with Crippen LogP contribution in [0.25, 0.3) is 0 Å². The van der Waals surface area contributed by atoms with E-state index in [-0.39, 0.29) is 0 Å². The second-order valence-corrected chi connectivity index (χ2v) is 7.44. The molecule has 0 bridgehead atoms. The average molecular weight is 462 g/mol. The highest BCUT2D eigenvalue weighted by atomic mass is 32.2. The van der Waals surface area contributed by atoms with E-state index in [1.165, 1.54) is 16.4 Å². The molecule has 0 atom stereocenters. The fourth-order valence-electron chi connectivity index (χ4n) is 2.38. The van der Waals surface area contributed by atoms with Gasteiger partial charge in [0.05, 0.1) is 31.3 Å². The van der Waals surface area contributed by atoms with Crippen molar-refractivity contribution in [2.24, 2.45) is 0 Å². The van der Waals surface area contributed by atoms with Crippen LogP contribution in [-0.4, -0.2) is 31.5 Å². The number of hydrogen-bond acceptors (Lipinski definition) is 7. The standard InChI is InChI=1S/C16H19NO2S.C5H6N2OS.C2H6/c1-4-17(20-14-8-6-5-7-9-14)15-12-13(18-2)10-11-16(15)19-3;1-4-5(6-3-8)2-9-7-4;1-2/h5-12H,4H2,1-3H3;2-3H,1H3,(H,6,8);1-2H3. The minimum absolute atomic E-state index is 0.650. The summed E-state index contributed by atoms with van der Waals surface area (Å²) >= 11 is 3.02. The summed E-state index contributed by atoms with van der Waals surface area (Å²) in [4.78, 5) is 11.1. The lowest BCUT2D eigenvalue weighted by atomic mass is 10.2. The van der Waals surface area contributed by atoms with Crippen LogP contribution in [0, 0.1) is 6.92 Å². The molecule has 1 amide bonds. The van der Waals surface area contributed by atoms with Crippen molar-refractivity contribution in [2.75, 3.05) is 30.4 Å². The zero-order chi connectivity index (χ0) is 23.1. The van der Waals surface area contributed by atoms with E-state index in [1.54, 1.807) is 31.5 Å². The molecule has 0 aliphatic rings. The predicted molar refractivity (Wildman–Crippen MR) is 133 cm³/mol. The predicted octanol–water partition coefficient (Wildman–Crippen LogP) is 6.28. The van der Waals surface area contributed by atoms with Crippen molar-refractivity contribution >= 4 is 41.3 Å². The molecule has 0 saturated heterocycles. The first-order valence-corrected chi connectivity index (χ1v) is 11.6. The van der Waals surface area contributed by atoms with E-state index in [2.05, 4.69) is 33.1 Å². The zero-order valence-electron chi connectivity index (χ0n) is 18.9. The number of benzene rings is 2. The SMILES string of the molecule is CC.CCN(Sc1ccccc1)c1cc(OC)ccc1OC.Cc1nscc1NC=O. The maximum Gasteiger partial charge on any atom is 0.211 e. The Morgan fingerprint density at radius 2 is 1.84 bits per heavy atom. The molecule has 1 N–H and O–H groups in total. The molecule has 3 rings (SSSR count). The van der Waals surface area contributed by atoms with Crippen LogP contribution in [0.2, 0.25) is 0 Å². The number of rotatable bonds is 8. The summed E-state index contributed by atoms with van der Waals surface area (Å²) in [5, 5.41) is 4.32. The first-order valence-electron chi connectivity index (χ1n) is 9.96. The van der Waals surface area contributed by atoms with Crippen LogP contribution in [0.3, 0.4) is 0 Å². The van der Waals surface area contributed by atoms with Crippen LogP contribution < -0.4 is 19.1 Å². The second kappa shape index (κ2) is 15.1. The Hall–Kier alpha value is -2.71. The van der Waals surface area contributed by atoms with Gasteiger partial charge in [-0.25, -0.2) is 0 Å². The molecule has 31 heavy (non-hydrogen) atoms. The molecule has 3 aromatic rings. The molecule has 1 heterocycles. The van der Waals surface area contributed by atoms with E-state index < -0.39 is 0 Å². The molecule has 168 valence electrons. The first kappa shape index (κ1) is 26.3. The van der Waals surface area contributed by atoms with Gasteiger partial charge in [0.25, 0.3) is 0 Å². The lowest BCUT2D eigenvalue weighted by Gasteiger charge is -2.24. The Balaban J connectivity index is 0.000000365. The number of carbonyl (C=O) groups excluding carboxylic acids is 1. The molecule has 1 aromatic heterocycles. The molecule has 0 saturated carbocycles. The molecule has 0 unspecified atom stereocenters. The number of anilines is 2. The molecule has 8 heteroatoms. The van der Waals surface area contributed by atoms with E-state index in [9.17, 15) is 4.79 Å².